The van der Waals surface area contributed by atoms with Crippen molar-refractivity contribution in [3.05, 3.63) is 68.4 Å². The van der Waals surface area contributed by atoms with Crippen molar-refractivity contribution in [1.82, 2.24) is 0 Å². The SMILES string of the molecule is CCCC(=O)Oc1ccc(/C=C2\N=C(c3ccc([N+](=O)[O-])cc3Cl)OC2=O)cc1OCC. The Bertz CT molecular complexity index is 1140. The molecule has 1 aliphatic heterocycles. The lowest BCUT2D eigenvalue weighted by Gasteiger charge is -2.11. The number of carbonyl (C=O) groups is 2. The lowest BCUT2D eigenvalue weighted by molar-refractivity contribution is -0.384. The van der Waals surface area contributed by atoms with Crippen LogP contribution in [0.5, 0.6) is 11.5 Å². The molecule has 0 amide bonds. The van der Waals surface area contributed by atoms with Crippen LogP contribution < -0.4 is 9.47 Å². The Morgan fingerprint density at radius 1 is 1.22 bits per heavy atom. The molecule has 0 fully saturated rings. The van der Waals surface area contributed by atoms with E-state index in [1.807, 2.05) is 6.92 Å². The van der Waals surface area contributed by atoms with Gasteiger partial charge in [0.2, 0.25) is 5.90 Å². The largest absolute Gasteiger partial charge is 0.490 e. The van der Waals surface area contributed by atoms with E-state index in [1.54, 1.807) is 25.1 Å². The summed E-state index contributed by atoms with van der Waals surface area (Å²) in [6.45, 7) is 4.02. The Hall–Kier alpha value is -3.72. The van der Waals surface area contributed by atoms with E-state index in [0.717, 1.165) is 6.07 Å². The third kappa shape index (κ3) is 5.30. The van der Waals surface area contributed by atoms with Gasteiger partial charge in [-0.2, -0.15) is 0 Å². The van der Waals surface area contributed by atoms with Crippen molar-refractivity contribution in [1.29, 1.82) is 0 Å². The number of hydrogen-bond acceptors (Lipinski definition) is 8. The van der Waals surface area contributed by atoms with Crippen LogP contribution in [0.1, 0.15) is 37.8 Å². The zero-order valence-corrected chi connectivity index (χ0v) is 18.0. The molecule has 2 aromatic rings. The second kappa shape index (κ2) is 10.1. The molecule has 32 heavy (non-hydrogen) atoms. The molecule has 3 rings (SSSR count). The van der Waals surface area contributed by atoms with Gasteiger partial charge in [0.25, 0.3) is 5.69 Å². The van der Waals surface area contributed by atoms with Gasteiger partial charge in [0, 0.05) is 18.6 Å². The summed E-state index contributed by atoms with van der Waals surface area (Å²) >= 11 is 6.09. The van der Waals surface area contributed by atoms with Crippen molar-refractivity contribution in [2.45, 2.75) is 26.7 Å². The maximum absolute atomic E-state index is 12.3. The number of carbonyl (C=O) groups excluding carboxylic acids is 2. The molecular weight excluding hydrogens is 440 g/mol. The van der Waals surface area contributed by atoms with E-state index in [1.165, 1.54) is 18.2 Å². The number of halogens is 1. The maximum atomic E-state index is 12.3. The predicted octanol–water partition coefficient (Wildman–Crippen LogP) is 4.70. The van der Waals surface area contributed by atoms with Crippen LogP contribution in [0.4, 0.5) is 5.69 Å². The van der Waals surface area contributed by atoms with E-state index in [2.05, 4.69) is 4.99 Å². The minimum atomic E-state index is -0.703. The summed E-state index contributed by atoms with van der Waals surface area (Å²) in [7, 11) is 0. The lowest BCUT2D eigenvalue weighted by Crippen LogP contribution is -2.08. The highest BCUT2D eigenvalue weighted by molar-refractivity contribution is 6.34. The summed E-state index contributed by atoms with van der Waals surface area (Å²) in [5.74, 6) is -0.501. The summed E-state index contributed by atoms with van der Waals surface area (Å²) in [4.78, 5) is 38.6. The van der Waals surface area contributed by atoms with Gasteiger partial charge in [0.15, 0.2) is 17.2 Å². The molecule has 0 atom stereocenters. The monoisotopic (exact) mass is 458 g/mol. The number of nitro groups is 1. The Morgan fingerprint density at radius 3 is 2.66 bits per heavy atom. The normalized spacial score (nSPS) is 14.2. The van der Waals surface area contributed by atoms with Crippen molar-refractivity contribution < 1.29 is 28.7 Å². The Kier molecular flexibility index (Phi) is 7.21. The molecule has 0 unspecified atom stereocenters. The molecule has 1 heterocycles. The first-order chi connectivity index (χ1) is 15.3. The van der Waals surface area contributed by atoms with Crippen LogP contribution >= 0.6 is 11.6 Å². The van der Waals surface area contributed by atoms with E-state index in [4.69, 9.17) is 25.8 Å². The van der Waals surface area contributed by atoms with Gasteiger partial charge in [-0.25, -0.2) is 9.79 Å². The van der Waals surface area contributed by atoms with Crippen LogP contribution in [0, 0.1) is 10.1 Å². The molecule has 9 nitrogen and oxygen atoms in total. The van der Waals surface area contributed by atoms with Gasteiger partial charge in [-0.1, -0.05) is 24.6 Å². The number of ether oxygens (including phenoxy) is 3. The number of benzene rings is 2. The second-order valence-electron chi connectivity index (χ2n) is 6.62. The Balaban J connectivity index is 1.89. The number of hydrogen-bond donors (Lipinski definition) is 0. The average molecular weight is 459 g/mol. The molecule has 0 saturated carbocycles. The van der Waals surface area contributed by atoms with Gasteiger partial charge in [-0.15, -0.1) is 0 Å². The molecule has 10 heteroatoms. The lowest BCUT2D eigenvalue weighted by atomic mass is 10.1. The van der Waals surface area contributed by atoms with Gasteiger partial charge in [-0.05, 0) is 43.2 Å². The number of nitro benzene ring substituents is 1. The van der Waals surface area contributed by atoms with Gasteiger partial charge in [0.05, 0.1) is 22.1 Å². The maximum Gasteiger partial charge on any atom is 0.363 e. The smallest absolute Gasteiger partial charge is 0.363 e. The van der Waals surface area contributed by atoms with E-state index in [0.29, 0.717) is 24.3 Å². The number of cyclic esters (lactones) is 1. The topological polar surface area (TPSA) is 117 Å². The van der Waals surface area contributed by atoms with Crippen molar-refractivity contribution in [3.8, 4) is 11.5 Å². The molecule has 0 aromatic heterocycles. The van der Waals surface area contributed by atoms with Gasteiger partial charge >= 0.3 is 11.9 Å². The molecule has 2 aromatic carbocycles. The second-order valence-corrected chi connectivity index (χ2v) is 7.03. The minimum Gasteiger partial charge on any atom is -0.490 e. The van der Waals surface area contributed by atoms with Crippen LogP contribution in [0.15, 0.2) is 47.1 Å². The summed E-state index contributed by atoms with van der Waals surface area (Å²) in [5.41, 5.74) is 0.632. The third-order valence-electron chi connectivity index (χ3n) is 4.26. The van der Waals surface area contributed by atoms with Crippen LogP contribution in [-0.2, 0) is 14.3 Å². The summed E-state index contributed by atoms with van der Waals surface area (Å²) in [6, 6.07) is 8.59. The fourth-order valence-electron chi connectivity index (χ4n) is 2.82. The highest BCUT2D eigenvalue weighted by atomic mass is 35.5. The molecule has 0 N–H and O–H groups in total. The molecular formula is C22H19ClN2O7. The van der Waals surface area contributed by atoms with Crippen LogP contribution in [0.3, 0.4) is 0 Å². The number of esters is 2. The van der Waals surface area contributed by atoms with Gasteiger partial charge in [-0.3, -0.25) is 14.9 Å². The van der Waals surface area contributed by atoms with E-state index >= 15 is 0 Å². The quantitative estimate of drug-likeness (QED) is 0.185. The summed E-state index contributed by atoms with van der Waals surface area (Å²) in [5, 5.41) is 10.9. The molecule has 1 aliphatic rings. The molecule has 0 saturated heterocycles. The van der Waals surface area contributed by atoms with Gasteiger partial charge in [0.1, 0.15) is 0 Å². The summed E-state index contributed by atoms with van der Waals surface area (Å²) in [6.07, 6.45) is 2.43. The highest BCUT2D eigenvalue weighted by Gasteiger charge is 2.26. The number of aliphatic imine (C=N–C) groups is 1. The first-order valence-electron chi connectivity index (χ1n) is 9.76. The third-order valence-corrected chi connectivity index (χ3v) is 4.58. The van der Waals surface area contributed by atoms with E-state index in [-0.39, 0.29) is 46.0 Å². The standard InChI is InChI=1S/C22H19ClN2O7/c1-3-5-20(26)31-18-9-6-13(11-19(18)30-4-2)10-17-22(27)32-21(24-17)15-8-7-14(25(28)29)12-16(15)23/h6-12H,3-5H2,1-2H3/b17-10-. The average Bonchev–Trinajstić information content (AvgIpc) is 3.10. The van der Waals surface area contributed by atoms with Crippen molar-refractivity contribution >= 4 is 41.2 Å². The summed E-state index contributed by atoms with van der Waals surface area (Å²) < 4.78 is 16.1. The van der Waals surface area contributed by atoms with E-state index in [9.17, 15) is 19.7 Å². The van der Waals surface area contributed by atoms with E-state index < -0.39 is 10.9 Å². The highest BCUT2D eigenvalue weighted by Crippen LogP contribution is 2.31. The Morgan fingerprint density at radius 2 is 2.00 bits per heavy atom. The zero-order chi connectivity index (χ0) is 23.3. The number of non-ortho nitro benzene ring substituents is 1. The fourth-order valence-corrected chi connectivity index (χ4v) is 3.07. The molecule has 0 spiro atoms. The number of rotatable bonds is 8. The van der Waals surface area contributed by atoms with Crippen molar-refractivity contribution in [2.24, 2.45) is 4.99 Å². The van der Waals surface area contributed by atoms with Crippen molar-refractivity contribution in [2.75, 3.05) is 6.61 Å². The molecule has 166 valence electrons. The molecule has 0 aliphatic carbocycles. The van der Waals surface area contributed by atoms with Gasteiger partial charge < -0.3 is 14.2 Å². The van der Waals surface area contributed by atoms with Crippen LogP contribution in [0.2, 0.25) is 5.02 Å². The minimum absolute atomic E-state index is 0.00703. The van der Waals surface area contributed by atoms with Crippen molar-refractivity contribution in [3.63, 3.8) is 0 Å². The molecule has 0 radical (unpaired) electrons. The zero-order valence-electron chi connectivity index (χ0n) is 17.3. The van der Waals surface area contributed by atoms with Crippen LogP contribution in [-0.4, -0.2) is 29.4 Å². The Labute approximate surface area is 188 Å². The first-order valence-corrected chi connectivity index (χ1v) is 10.1. The predicted molar refractivity (Wildman–Crippen MR) is 117 cm³/mol. The first kappa shape index (κ1) is 23.0. The molecule has 0 bridgehead atoms. The van der Waals surface area contributed by atoms with Crippen LogP contribution in [0.25, 0.3) is 6.08 Å². The number of nitrogens with zero attached hydrogens (tertiary/aromatic N) is 2. The fraction of sp³-hybridized carbons (Fsp3) is 0.227.